The highest BCUT2D eigenvalue weighted by atomic mass is 127. The van der Waals surface area contributed by atoms with Crippen LogP contribution in [0.3, 0.4) is 0 Å². The summed E-state index contributed by atoms with van der Waals surface area (Å²) < 4.78 is 5.75. The Labute approximate surface area is 119 Å². The maximum Gasteiger partial charge on any atom is 0.188 e. The van der Waals surface area contributed by atoms with E-state index < -0.39 is 0 Å². The van der Waals surface area contributed by atoms with E-state index in [-0.39, 0.29) is 30.1 Å². The summed E-state index contributed by atoms with van der Waals surface area (Å²) in [6, 6.07) is 8.09. The number of nitrogens with zero attached hydrogens (tertiary/aromatic N) is 1. The molecule has 2 rings (SSSR count). The van der Waals surface area contributed by atoms with E-state index >= 15 is 0 Å². The average molecular weight is 347 g/mol. The first kappa shape index (κ1) is 14.1. The molecule has 0 aromatic heterocycles. The second-order valence-electron chi connectivity index (χ2n) is 3.81. The molecule has 0 aliphatic carbocycles. The Balaban J connectivity index is 0.00000144. The minimum absolute atomic E-state index is 0. The number of hydrogen-bond donors (Lipinski definition) is 2. The van der Waals surface area contributed by atoms with E-state index in [0.29, 0.717) is 12.5 Å². The average Bonchev–Trinajstić information content (AvgIpc) is 2.69. The summed E-state index contributed by atoms with van der Waals surface area (Å²) >= 11 is 0. The van der Waals surface area contributed by atoms with Gasteiger partial charge in [-0.3, -0.25) is 0 Å². The van der Waals surface area contributed by atoms with Gasteiger partial charge in [-0.05, 0) is 18.6 Å². The smallest absolute Gasteiger partial charge is 0.188 e. The Bertz CT molecular complexity index is 370. The van der Waals surface area contributed by atoms with Crippen molar-refractivity contribution >= 4 is 29.9 Å². The number of halogens is 1. The summed E-state index contributed by atoms with van der Waals surface area (Å²) in [5, 5.41) is 2.96. The third kappa shape index (κ3) is 3.76. The zero-order valence-electron chi connectivity index (χ0n) is 9.85. The highest BCUT2D eigenvalue weighted by Crippen LogP contribution is 2.27. The molecule has 17 heavy (non-hydrogen) atoms. The van der Waals surface area contributed by atoms with Crippen LogP contribution in [0.2, 0.25) is 0 Å². The quantitative estimate of drug-likeness (QED) is 0.495. The topological polar surface area (TPSA) is 59.6 Å². The van der Waals surface area contributed by atoms with Gasteiger partial charge in [-0.2, -0.15) is 0 Å². The SMILES string of the molecule is CCNC(N)=NCC1Cc2ccccc2O1.I. The normalized spacial score (nSPS) is 17.9. The molecule has 1 aromatic rings. The molecule has 0 fully saturated rings. The first-order valence-electron chi connectivity index (χ1n) is 5.58. The van der Waals surface area contributed by atoms with Gasteiger partial charge in [0.2, 0.25) is 0 Å². The summed E-state index contributed by atoms with van der Waals surface area (Å²) in [5.74, 6) is 1.46. The number of guanidine groups is 1. The van der Waals surface area contributed by atoms with Crippen LogP contribution in [-0.4, -0.2) is 25.2 Å². The number of benzene rings is 1. The number of fused-ring (bicyclic) bond motifs is 1. The van der Waals surface area contributed by atoms with Gasteiger partial charge >= 0.3 is 0 Å². The number of rotatable bonds is 3. The number of hydrogen-bond acceptors (Lipinski definition) is 2. The van der Waals surface area contributed by atoms with E-state index in [0.717, 1.165) is 18.7 Å². The highest BCUT2D eigenvalue weighted by molar-refractivity contribution is 14.0. The summed E-state index contributed by atoms with van der Waals surface area (Å²) in [7, 11) is 0. The van der Waals surface area contributed by atoms with Crippen molar-refractivity contribution in [2.24, 2.45) is 10.7 Å². The molecule has 94 valence electrons. The van der Waals surface area contributed by atoms with Crippen molar-refractivity contribution in [1.82, 2.24) is 5.32 Å². The van der Waals surface area contributed by atoms with Gasteiger partial charge in [0.25, 0.3) is 0 Å². The first-order chi connectivity index (χ1) is 7.79. The molecular weight excluding hydrogens is 329 g/mol. The molecule has 1 aliphatic rings. The lowest BCUT2D eigenvalue weighted by molar-refractivity contribution is 0.242. The van der Waals surface area contributed by atoms with E-state index in [1.165, 1.54) is 5.56 Å². The largest absolute Gasteiger partial charge is 0.488 e. The maximum absolute atomic E-state index is 5.75. The van der Waals surface area contributed by atoms with Crippen LogP contribution in [0.5, 0.6) is 5.75 Å². The summed E-state index contributed by atoms with van der Waals surface area (Å²) in [6.07, 6.45) is 1.04. The molecule has 1 aromatic carbocycles. The van der Waals surface area contributed by atoms with Gasteiger partial charge in [0, 0.05) is 13.0 Å². The maximum atomic E-state index is 5.75. The Hall–Kier alpha value is -0.980. The number of ether oxygens (including phenoxy) is 1. The Morgan fingerprint density at radius 2 is 2.29 bits per heavy atom. The van der Waals surface area contributed by atoms with Gasteiger partial charge in [0.1, 0.15) is 11.9 Å². The van der Waals surface area contributed by atoms with E-state index in [4.69, 9.17) is 10.5 Å². The molecule has 1 unspecified atom stereocenters. The second kappa shape index (κ2) is 6.68. The van der Waals surface area contributed by atoms with Crippen molar-refractivity contribution in [2.45, 2.75) is 19.4 Å². The number of para-hydroxylation sites is 1. The Kier molecular flexibility index (Phi) is 5.54. The lowest BCUT2D eigenvalue weighted by atomic mass is 10.1. The molecule has 0 bridgehead atoms. The van der Waals surface area contributed by atoms with Crippen LogP contribution < -0.4 is 15.8 Å². The fourth-order valence-corrected chi connectivity index (χ4v) is 1.79. The molecule has 1 aliphatic heterocycles. The standard InChI is InChI=1S/C12H17N3O.HI/c1-2-14-12(13)15-8-10-7-9-5-3-4-6-11(9)16-10;/h3-6,10H,2,7-8H2,1H3,(H3,13,14,15);1H. The molecule has 0 saturated heterocycles. The monoisotopic (exact) mass is 347 g/mol. The molecule has 5 heteroatoms. The van der Waals surface area contributed by atoms with Gasteiger partial charge in [-0.25, -0.2) is 4.99 Å². The predicted molar refractivity (Wildman–Crippen MR) is 80.1 cm³/mol. The fourth-order valence-electron chi connectivity index (χ4n) is 1.79. The van der Waals surface area contributed by atoms with Crippen molar-refractivity contribution < 1.29 is 4.74 Å². The summed E-state index contributed by atoms with van der Waals surface area (Å²) in [5.41, 5.74) is 6.91. The number of nitrogens with two attached hydrogens (primary N) is 1. The lowest BCUT2D eigenvalue weighted by Gasteiger charge is -2.08. The van der Waals surface area contributed by atoms with E-state index in [1.54, 1.807) is 0 Å². The minimum atomic E-state index is 0. The Morgan fingerprint density at radius 1 is 1.53 bits per heavy atom. The zero-order valence-corrected chi connectivity index (χ0v) is 12.2. The van der Waals surface area contributed by atoms with Crippen LogP contribution in [0.25, 0.3) is 0 Å². The molecule has 4 nitrogen and oxygen atoms in total. The first-order valence-corrected chi connectivity index (χ1v) is 5.58. The van der Waals surface area contributed by atoms with Crippen LogP contribution >= 0.6 is 24.0 Å². The predicted octanol–water partition coefficient (Wildman–Crippen LogP) is 1.53. The number of nitrogens with one attached hydrogen (secondary N) is 1. The van der Waals surface area contributed by atoms with Crippen LogP contribution in [-0.2, 0) is 6.42 Å². The zero-order chi connectivity index (χ0) is 11.4. The van der Waals surface area contributed by atoms with E-state index in [2.05, 4.69) is 16.4 Å². The third-order valence-electron chi connectivity index (χ3n) is 2.54. The van der Waals surface area contributed by atoms with Gasteiger partial charge < -0.3 is 15.8 Å². The van der Waals surface area contributed by atoms with E-state index in [1.807, 2.05) is 25.1 Å². The summed E-state index contributed by atoms with van der Waals surface area (Å²) in [4.78, 5) is 4.24. The van der Waals surface area contributed by atoms with Gasteiger partial charge in [0.05, 0.1) is 6.54 Å². The number of aliphatic imine (C=N–C) groups is 1. The second-order valence-corrected chi connectivity index (χ2v) is 3.81. The molecule has 1 heterocycles. The van der Waals surface area contributed by atoms with Crippen molar-refractivity contribution in [2.75, 3.05) is 13.1 Å². The Morgan fingerprint density at radius 3 is 3.00 bits per heavy atom. The summed E-state index contributed by atoms with van der Waals surface area (Å²) in [6.45, 7) is 3.39. The van der Waals surface area contributed by atoms with E-state index in [9.17, 15) is 0 Å². The third-order valence-corrected chi connectivity index (χ3v) is 2.54. The lowest BCUT2D eigenvalue weighted by Crippen LogP contribution is -2.32. The molecule has 1 atom stereocenters. The molecule has 0 spiro atoms. The van der Waals surface area contributed by atoms with Gasteiger partial charge in [-0.15, -0.1) is 24.0 Å². The molecular formula is C12H18IN3O. The van der Waals surface area contributed by atoms with Crippen molar-refractivity contribution in [3.05, 3.63) is 29.8 Å². The molecule has 3 N–H and O–H groups in total. The van der Waals surface area contributed by atoms with Crippen LogP contribution in [0, 0.1) is 0 Å². The highest BCUT2D eigenvalue weighted by Gasteiger charge is 2.21. The van der Waals surface area contributed by atoms with Crippen molar-refractivity contribution in [1.29, 1.82) is 0 Å². The molecule has 0 amide bonds. The van der Waals surface area contributed by atoms with Crippen LogP contribution in [0.15, 0.2) is 29.3 Å². The van der Waals surface area contributed by atoms with Gasteiger partial charge in [0.15, 0.2) is 5.96 Å². The van der Waals surface area contributed by atoms with Crippen molar-refractivity contribution in [3.63, 3.8) is 0 Å². The molecule has 0 radical (unpaired) electrons. The van der Waals surface area contributed by atoms with Gasteiger partial charge in [-0.1, -0.05) is 18.2 Å². The minimum Gasteiger partial charge on any atom is -0.488 e. The molecule has 0 saturated carbocycles. The van der Waals surface area contributed by atoms with Crippen molar-refractivity contribution in [3.8, 4) is 5.75 Å². The van der Waals surface area contributed by atoms with Crippen LogP contribution in [0.4, 0.5) is 0 Å². The van der Waals surface area contributed by atoms with Crippen LogP contribution in [0.1, 0.15) is 12.5 Å². The fraction of sp³-hybridized carbons (Fsp3) is 0.417.